The molecule has 2 aromatic rings. The van der Waals surface area contributed by atoms with E-state index in [1.54, 1.807) is 4.45 Å². The van der Waals surface area contributed by atoms with Gasteiger partial charge in [0, 0.05) is 32.7 Å². The first-order valence-corrected chi connectivity index (χ1v) is 15.4. The van der Waals surface area contributed by atoms with Gasteiger partial charge in [0.2, 0.25) is 0 Å². The molecule has 3 aliphatic heterocycles. The van der Waals surface area contributed by atoms with Crippen molar-refractivity contribution < 1.29 is 43.5 Å². The SMILES string of the molecule is F[P-](F)(F)(F)(F)F.OC1CCCN1[P+](N1CCCC1)(N1CCCC1)n1nnc2ccc(C(F)(F)F)cc21. The third kappa shape index (κ3) is 6.65. The molecule has 0 spiro atoms. The monoisotopic (exact) mass is 588 g/mol. The molecular weight excluding hydrogens is 561 g/mol. The molecule has 0 amide bonds. The Morgan fingerprint density at radius 2 is 1.35 bits per heavy atom. The zero-order valence-electron chi connectivity index (χ0n) is 19.5. The van der Waals surface area contributed by atoms with Crippen LogP contribution in [-0.2, 0) is 6.18 Å². The average Bonchev–Trinajstić information content (AvgIpc) is 3.55. The third-order valence-electron chi connectivity index (χ3n) is 6.47. The number of halogens is 9. The van der Waals surface area contributed by atoms with Gasteiger partial charge in [-0.2, -0.15) is 13.2 Å². The van der Waals surface area contributed by atoms with Crippen LogP contribution in [0.25, 0.3) is 11.0 Å². The molecule has 0 saturated carbocycles. The Labute approximate surface area is 207 Å². The molecule has 1 N–H and O–H groups in total. The predicted molar refractivity (Wildman–Crippen MR) is 122 cm³/mol. The number of hydrogen-bond acceptors (Lipinski definition) is 6. The fourth-order valence-corrected chi connectivity index (χ4v) is 9.94. The van der Waals surface area contributed by atoms with Gasteiger partial charge >= 0.3 is 47.0 Å². The molecule has 0 radical (unpaired) electrons. The molecule has 18 heteroatoms. The molecule has 1 aromatic carbocycles. The summed E-state index contributed by atoms with van der Waals surface area (Å²) in [6.45, 7) is 4.13. The summed E-state index contributed by atoms with van der Waals surface area (Å²) in [5, 5.41) is 19.7. The van der Waals surface area contributed by atoms with E-state index in [9.17, 15) is 43.5 Å². The van der Waals surface area contributed by atoms with E-state index in [1.807, 2.05) is 0 Å². The maximum Gasteiger partial charge on any atom is 0.416 e. The van der Waals surface area contributed by atoms with Gasteiger partial charge in [-0.1, -0.05) is 9.12 Å². The second-order valence-corrected chi connectivity index (χ2v) is 14.3. The summed E-state index contributed by atoms with van der Waals surface area (Å²) in [7, 11) is -13.2. The van der Waals surface area contributed by atoms with Crippen molar-refractivity contribution in [1.29, 1.82) is 0 Å². The summed E-state index contributed by atoms with van der Waals surface area (Å²) in [6.07, 6.45) is 0.651. The van der Waals surface area contributed by atoms with Crippen LogP contribution in [0.5, 0.6) is 0 Å². The van der Waals surface area contributed by atoms with Crippen molar-refractivity contribution in [3.63, 3.8) is 0 Å². The first-order chi connectivity index (χ1) is 16.9. The summed E-state index contributed by atoms with van der Waals surface area (Å²) >= 11 is 0. The van der Waals surface area contributed by atoms with Crippen molar-refractivity contribution in [2.45, 2.75) is 50.9 Å². The molecule has 5 rings (SSSR count). The van der Waals surface area contributed by atoms with Crippen molar-refractivity contribution in [2.75, 3.05) is 32.7 Å². The molecule has 7 nitrogen and oxygen atoms in total. The van der Waals surface area contributed by atoms with E-state index in [-0.39, 0.29) is 0 Å². The Hall–Kier alpha value is -1.31. The largest absolute Gasteiger partial charge is 0.416 e. The van der Waals surface area contributed by atoms with Crippen molar-refractivity contribution in [1.82, 2.24) is 28.8 Å². The number of alkyl halides is 3. The van der Waals surface area contributed by atoms with Crippen LogP contribution in [0.3, 0.4) is 0 Å². The van der Waals surface area contributed by atoms with E-state index in [0.717, 1.165) is 64.3 Å². The number of aromatic nitrogens is 3. The molecule has 1 aromatic heterocycles. The number of fused-ring (bicyclic) bond motifs is 1. The Bertz CT molecular complexity index is 1090. The fraction of sp³-hybridized carbons (Fsp3) is 0.684. The van der Waals surface area contributed by atoms with Gasteiger partial charge in [0.1, 0.15) is 17.3 Å². The smallest absolute Gasteiger partial charge is 0.375 e. The van der Waals surface area contributed by atoms with Crippen LogP contribution in [0.15, 0.2) is 18.2 Å². The number of aliphatic hydroxyl groups excluding tert-OH is 1. The topological polar surface area (TPSA) is 60.7 Å². The number of rotatable bonds is 4. The van der Waals surface area contributed by atoms with E-state index in [4.69, 9.17) is 0 Å². The minimum absolute atomic E-state index is 0.399. The molecule has 1 unspecified atom stereocenters. The number of nitrogens with zero attached hydrogens (tertiary/aromatic N) is 6. The van der Waals surface area contributed by atoms with Gasteiger partial charge in [0.15, 0.2) is 0 Å². The molecule has 3 saturated heterocycles. The van der Waals surface area contributed by atoms with E-state index >= 15 is 0 Å². The minimum Gasteiger partial charge on any atom is -0.375 e. The maximum atomic E-state index is 13.5. The predicted octanol–water partition coefficient (Wildman–Crippen LogP) is 6.96. The second kappa shape index (κ2) is 9.12. The van der Waals surface area contributed by atoms with Crippen LogP contribution in [0.1, 0.15) is 44.1 Å². The van der Waals surface area contributed by atoms with E-state index in [2.05, 4.69) is 24.3 Å². The van der Waals surface area contributed by atoms with E-state index < -0.39 is 33.6 Å². The maximum absolute atomic E-state index is 13.5. The minimum atomic E-state index is -10.7. The van der Waals surface area contributed by atoms with Gasteiger partial charge in [-0.3, -0.25) is 0 Å². The zero-order valence-corrected chi connectivity index (χ0v) is 21.3. The molecule has 3 aliphatic rings. The van der Waals surface area contributed by atoms with Crippen LogP contribution in [0.4, 0.5) is 38.4 Å². The Morgan fingerprint density at radius 3 is 1.78 bits per heavy atom. The van der Waals surface area contributed by atoms with Crippen LogP contribution in [0, 0.1) is 0 Å². The molecule has 0 aliphatic carbocycles. The summed E-state index contributed by atoms with van der Waals surface area (Å²) in [4.78, 5) is 0. The molecule has 1 atom stereocenters. The first-order valence-electron chi connectivity index (χ1n) is 11.7. The number of aliphatic hydroxyl groups is 1. The van der Waals surface area contributed by atoms with Crippen molar-refractivity contribution in [2.24, 2.45) is 0 Å². The second-order valence-electron chi connectivity index (χ2n) is 9.28. The van der Waals surface area contributed by atoms with Crippen LogP contribution < -0.4 is 0 Å². The van der Waals surface area contributed by atoms with Gasteiger partial charge in [0.25, 0.3) is 0 Å². The average molecular weight is 588 g/mol. The Balaban J connectivity index is 0.000000405. The van der Waals surface area contributed by atoms with Crippen LogP contribution in [0.2, 0.25) is 0 Å². The summed E-state index contributed by atoms with van der Waals surface area (Å²) in [6, 6.07) is 3.65. The van der Waals surface area contributed by atoms with E-state index in [0.29, 0.717) is 24.0 Å². The van der Waals surface area contributed by atoms with Gasteiger partial charge in [0.05, 0.1) is 5.56 Å². The number of hydrogen-bond donors (Lipinski definition) is 1. The molecule has 4 heterocycles. The molecular formula is C19H27F9N6OP2. The van der Waals surface area contributed by atoms with Gasteiger partial charge in [-0.25, -0.2) is 0 Å². The van der Waals surface area contributed by atoms with Gasteiger partial charge in [-0.05, 0) is 61.9 Å². The first kappa shape index (κ1) is 28.7. The summed E-state index contributed by atoms with van der Waals surface area (Å²) in [5.74, 6) is 0. The molecule has 37 heavy (non-hydrogen) atoms. The summed E-state index contributed by atoms with van der Waals surface area (Å²) in [5.41, 5.74) is 0.164. The van der Waals surface area contributed by atoms with Crippen molar-refractivity contribution >= 4 is 26.7 Å². The standard InChI is InChI=1S/C19H27F3N6OP.F6P/c20-19(21,22)15-7-8-16-17(14-15)28(24-23-16)30(25-9-1-2-10-25,26-11-3-4-12-26)27-13-5-6-18(27)29;1-7(2,3,4,5)6/h7-8,14,18,29H,1-6,9-13H2;/q+1;-1. The van der Waals surface area contributed by atoms with Crippen LogP contribution >= 0.6 is 15.7 Å². The van der Waals surface area contributed by atoms with Gasteiger partial charge in [-0.15, -0.1) is 14.4 Å². The van der Waals surface area contributed by atoms with Crippen molar-refractivity contribution in [3.05, 3.63) is 23.8 Å². The van der Waals surface area contributed by atoms with Crippen molar-refractivity contribution in [3.8, 4) is 0 Å². The number of benzene rings is 1. The normalized spacial score (nSPS) is 24.8. The van der Waals surface area contributed by atoms with Crippen LogP contribution in [-0.4, -0.2) is 72.8 Å². The fourth-order valence-electron chi connectivity index (χ4n) is 5.12. The third-order valence-corrected chi connectivity index (χ3v) is 10.7. The molecule has 3 fully saturated rings. The molecule has 212 valence electrons. The Morgan fingerprint density at radius 1 is 0.838 bits per heavy atom. The summed E-state index contributed by atoms with van der Waals surface area (Å²) < 4.78 is 108. The Kier molecular flexibility index (Phi) is 7.08. The molecule has 0 bridgehead atoms. The van der Waals surface area contributed by atoms with E-state index in [1.165, 1.54) is 12.1 Å². The van der Waals surface area contributed by atoms with Gasteiger partial charge < -0.3 is 5.11 Å². The zero-order chi connectivity index (χ0) is 27.3. The quantitative estimate of drug-likeness (QED) is 0.308.